The molecular weight excluding hydrogens is 382 g/mol. The fourth-order valence-corrected chi connectivity index (χ4v) is 3.42. The number of nitrogens with one attached hydrogen (secondary N) is 1. The van der Waals surface area contributed by atoms with Gasteiger partial charge in [0.1, 0.15) is 0 Å². The Hall–Kier alpha value is -3.45. The van der Waals surface area contributed by atoms with Crippen LogP contribution in [0.3, 0.4) is 0 Å². The van der Waals surface area contributed by atoms with E-state index in [1.54, 1.807) is 23.1 Å². The van der Waals surface area contributed by atoms with E-state index in [4.69, 9.17) is 4.52 Å². The Morgan fingerprint density at radius 1 is 1.07 bits per heavy atom. The molecule has 1 aliphatic rings. The quantitative estimate of drug-likeness (QED) is 0.680. The van der Waals surface area contributed by atoms with E-state index in [-0.39, 0.29) is 23.6 Å². The van der Waals surface area contributed by atoms with Gasteiger partial charge >= 0.3 is 0 Å². The van der Waals surface area contributed by atoms with Crippen LogP contribution in [0.4, 0.5) is 5.69 Å². The molecule has 0 aliphatic carbocycles. The summed E-state index contributed by atoms with van der Waals surface area (Å²) in [5, 5.41) is 16.2. The van der Waals surface area contributed by atoms with Crippen molar-refractivity contribution in [3.8, 4) is 11.3 Å². The number of rotatable bonds is 5. The Morgan fingerprint density at radius 2 is 1.77 bits per heavy atom. The van der Waals surface area contributed by atoms with Crippen molar-refractivity contribution in [2.24, 2.45) is 0 Å². The number of aromatic nitrogens is 1. The van der Waals surface area contributed by atoms with Crippen LogP contribution in [-0.2, 0) is 11.2 Å². The number of carbonyl (C=O) groups is 2. The van der Waals surface area contributed by atoms with Crippen molar-refractivity contribution in [1.29, 1.82) is 0 Å². The van der Waals surface area contributed by atoms with Gasteiger partial charge in [0, 0.05) is 30.4 Å². The third-order valence-electron chi connectivity index (χ3n) is 5.19. The third-order valence-corrected chi connectivity index (χ3v) is 5.19. The average molecular weight is 405 g/mol. The minimum Gasteiger partial charge on any atom is -0.393 e. The van der Waals surface area contributed by atoms with E-state index in [2.05, 4.69) is 10.5 Å². The van der Waals surface area contributed by atoms with Gasteiger partial charge in [-0.25, -0.2) is 0 Å². The van der Waals surface area contributed by atoms with Crippen molar-refractivity contribution in [2.45, 2.75) is 25.4 Å². The molecule has 0 atom stereocenters. The molecule has 1 aliphatic heterocycles. The van der Waals surface area contributed by atoms with Gasteiger partial charge in [0.05, 0.1) is 12.5 Å². The largest absolute Gasteiger partial charge is 0.393 e. The lowest BCUT2D eigenvalue weighted by molar-refractivity contribution is -0.132. The van der Waals surface area contributed by atoms with Gasteiger partial charge in [0.2, 0.25) is 5.91 Å². The molecule has 1 aromatic heterocycles. The van der Waals surface area contributed by atoms with Gasteiger partial charge < -0.3 is 19.8 Å². The number of hydrogen-bond acceptors (Lipinski definition) is 5. The first kappa shape index (κ1) is 19.8. The molecule has 2 amide bonds. The maximum absolute atomic E-state index is 12.4. The van der Waals surface area contributed by atoms with Crippen molar-refractivity contribution in [3.63, 3.8) is 0 Å². The van der Waals surface area contributed by atoms with Crippen LogP contribution in [0.1, 0.15) is 28.9 Å². The zero-order valence-corrected chi connectivity index (χ0v) is 16.5. The van der Waals surface area contributed by atoms with Crippen LogP contribution in [0.2, 0.25) is 0 Å². The summed E-state index contributed by atoms with van der Waals surface area (Å²) in [7, 11) is 0. The zero-order chi connectivity index (χ0) is 20.9. The van der Waals surface area contributed by atoms with E-state index in [1.807, 2.05) is 42.5 Å². The molecule has 2 N–H and O–H groups in total. The molecule has 30 heavy (non-hydrogen) atoms. The Kier molecular flexibility index (Phi) is 5.90. The third kappa shape index (κ3) is 4.75. The van der Waals surface area contributed by atoms with Gasteiger partial charge in [-0.15, -0.1) is 0 Å². The Morgan fingerprint density at radius 3 is 2.47 bits per heavy atom. The lowest BCUT2D eigenvalue weighted by Crippen LogP contribution is -2.40. The number of aliphatic hydroxyl groups is 1. The summed E-state index contributed by atoms with van der Waals surface area (Å²) in [6, 6.07) is 18.2. The summed E-state index contributed by atoms with van der Waals surface area (Å²) >= 11 is 0. The number of amides is 2. The summed E-state index contributed by atoms with van der Waals surface area (Å²) in [4.78, 5) is 26.6. The van der Waals surface area contributed by atoms with Gasteiger partial charge in [0.25, 0.3) is 5.91 Å². The summed E-state index contributed by atoms with van der Waals surface area (Å²) in [6.07, 6.45) is 1.26. The first-order valence-corrected chi connectivity index (χ1v) is 9.97. The zero-order valence-electron chi connectivity index (χ0n) is 16.5. The summed E-state index contributed by atoms with van der Waals surface area (Å²) < 4.78 is 5.27. The highest BCUT2D eigenvalue weighted by Crippen LogP contribution is 2.20. The number of carbonyl (C=O) groups excluding carboxylic acids is 2. The van der Waals surface area contributed by atoms with Gasteiger partial charge in [-0.1, -0.05) is 47.6 Å². The number of anilines is 1. The molecule has 7 heteroatoms. The van der Waals surface area contributed by atoms with E-state index in [0.29, 0.717) is 43.8 Å². The Labute approximate surface area is 174 Å². The van der Waals surface area contributed by atoms with E-state index < -0.39 is 0 Å². The van der Waals surface area contributed by atoms with E-state index in [9.17, 15) is 14.7 Å². The number of likely N-dealkylation sites (tertiary alicyclic amines) is 1. The van der Waals surface area contributed by atoms with Crippen LogP contribution in [0, 0.1) is 0 Å². The number of hydrogen-bond donors (Lipinski definition) is 2. The van der Waals surface area contributed by atoms with Crippen molar-refractivity contribution in [1.82, 2.24) is 10.1 Å². The van der Waals surface area contributed by atoms with Crippen molar-refractivity contribution < 1.29 is 19.2 Å². The highest BCUT2D eigenvalue weighted by molar-refractivity contribution is 6.03. The second kappa shape index (κ2) is 8.92. The van der Waals surface area contributed by atoms with Crippen LogP contribution in [0.15, 0.2) is 65.2 Å². The molecule has 1 saturated heterocycles. The predicted octanol–water partition coefficient (Wildman–Crippen LogP) is 3.12. The SMILES string of the molecule is O=C(Nc1ccc(CC(=O)N2CCC(O)CC2)cc1)c1cc(-c2ccccc2)on1. The molecule has 2 heterocycles. The standard InChI is InChI=1S/C23H23N3O4/c27-19-10-12-26(13-11-19)22(28)14-16-6-8-18(9-7-16)24-23(29)20-15-21(30-25-20)17-4-2-1-3-5-17/h1-9,15,19,27H,10-14H2,(H,24,29). The van der Waals surface area contributed by atoms with E-state index in [1.165, 1.54) is 0 Å². The minimum atomic E-state index is -0.364. The maximum atomic E-state index is 12.4. The van der Waals surface area contributed by atoms with Gasteiger partial charge in [-0.05, 0) is 30.5 Å². The fraction of sp³-hybridized carbons (Fsp3) is 0.261. The second-order valence-electron chi connectivity index (χ2n) is 7.38. The molecule has 0 radical (unpaired) electrons. The maximum Gasteiger partial charge on any atom is 0.277 e. The van der Waals surface area contributed by atoms with E-state index >= 15 is 0 Å². The van der Waals surface area contributed by atoms with Gasteiger partial charge in [0.15, 0.2) is 11.5 Å². The molecule has 7 nitrogen and oxygen atoms in total. The summed E-state index contributed by atoms with van der Waals surface area (Å²) in [5.41, 5.74) is 2.53. The number of benzene rings is 2. The number of nitrogens with zero attached hydrogens (tertiary/aromatic N) is 2. The lowest BCUT2D eigenvalue weighted by Gasteiger charge is -2.29. The van der Waals surface area contributed by atoms with Crippen molar-refractivity contribution in [2.75, 3.05) is 18.4 Å². The van der Waals surface area contributed by atoms with Crippen molar-refractivity contribution in [3.05, 3.63) is 71.9 Å². The van der Waals surface area contributed by atoms with Crippen LogP contribution in [-0.4, -0.2) is 46.2 Å². The molecule has 4 rings (SSSR count). The highest BCUT2D eigenvalue weighted by atomic mass is 16.5. The molecule has 0 spiro atoms. The topological polar surface area (TPSA) is 95.7 Å². The second-order valence-corrected chi connectivity index (χ2v) is 7.38. The normalized spacial score (nSPS) is 14.5. The first-order chi connectivity index (χ1) is 14.6. The highest BCUT2D eigenvalue weighted by Gasteiger charge is 2.21. The Bertz CT molecular complexity index is 1010. The summed E-state index contributed by atoms with van der Waals surface area (Å²) in [5.74, 6) is 0.214. The number of aliphatic hydroxyl groups excluding tert-OH is 1. The van der Waals surface area contributed by atoms with Gasteiger partial charge in [-0.2, -0.15) is 0 Å². The van der Waals surface area contributed by atoms with Crippen LogP contribution < -0.4 is 5.32 Å². The van der Waals surface area contributed by atoms with Crippen LogP contribution >= 0.6 is 0 Å². The van der Waals surface area contributed by atoms with Crippen LogP contribution in [0.25, 0.3) is 11.3 Å². The predicted molar refractivity (Wildman–Crippen MR) is 112 cm³/mol. The smallest absolute Gasteiger partial charge is 0.277 e. The molecule has 0 bridgehead atoms. The number of piperidine rings is 1. The van der Waals surface area contributed by atoms with Gasteiger partial charge in [-0.3, -0.25) is 9.59 Å². The summed E-state index contributed by atoms with van der Waals surface area (Å²) in [6.45, 7) is 1.19. The average Bonchev–Trinajstić information content (AvgIpc) is 3.27. The molecule has 2 aromatic carbocycles. The fourth-order valence-electron chi connectivity index (χ4n) is 3.42. The monoisotopic (exact) mass is 405 g/mol. The molecule has 154 valence electrons. The minimum absolute atomic E-state index is 0.0507. The molecule has 3 aromatic rings. The molecular formula is C23H23N3O4. The van der Waals surface area contributed by atoms with Crippen LogP contribution in [0.5, 0.6) is 0 Å². The molecule has 1 fully saturated rings. The Balaban J connectivity index is 1.34. The van der Waals surface area contributed by atoms with Crippen molar-refractivity contribution >= 4 is 17.5 Å². The molecule has 0 saturated carbocycles. The lowest BCUT2D eigenvalue weighted by atomic mass is 10.1. The van der Waals surface area contributed by atoms with E-state index in [0.717, 1.165) is 11.1 Å². The first-order valence-electron chi connectivity index (χ1n) is 9.97. The molecule has 0 unspecified atom stereocenters.